The van der Waals surface area contributed by atoms with Crippen molar-refractivity contribution in [3.63, 3.8) is 0 Å². The summed E-state index contributed by atoms with van der Waals surface area (Å²) in [6.07, 6.45) is 1.81. The third kappa shape index (κ3) is 8.46. The van der Waals surface area contributed by atoms with E-state index in [4.69, 9.17) is 4.74 Å². The lowest BCUT2D eigenvalue weighted by Gasteiger charge is -2.21. The topological polar surface area (TPSA) is 59.1 Å². The van der Waals surface area contributed by atoms with Crippen LogP contribution in [0.2, 0.25) is 0 Å². The smallest absolute Gasteiger partial charge is 0.421 e. The largest absolute Gasteiger partial charge is 0.488 e. The summed E-state index contributed by atoms with van der Waals surface area (Å²) >= 11 is 0. The molecule has 1 aromatic heterocycles. The zero-order valence-corrected chi connectivity index (χ0v) is 20.7. The number of aromatic nitrogens is 2. The summed E-state index contributed by atoms with van der Waals surface area (Å²) < 4.78 is 46.6. The first-order valence-corrected chi connectivity index (χ1v) is 11.9. The first-order chi connectivity index (χ1) is 16.5. The van der Waals surface area contributed by atoms with Gasteiger partial charge in [-0.1, -0.05) is 38.3 Å². The Kier molecular flexibility index (Phi) is 8.59. The molecule has 5 nitrogen and oxygen atoms in total. The summed E-state index contributed by atoms with van der Waals surface area (Å²) in [5.74, 6) is 0.434. The number of anilines is 4. The molecule has 0 amide bonds. The maximum absolute atomic E-state index is 13.6. The van der Waals surface area contributed by atoms with Crippen molar-refractivity contribution < 1.29 is 17.9 Å². The minimum Gasteiger partial charge on any atom is -0.488 e. The van der Waals surface area contributed by atoms with Crippen molar-refractivity contribution >= 4 is 23.1 Å². The Morgan fingerprint density at radius 2 is 1.46 bits per heavy atom. The Morgan fingerprint density at radius 1 is 0.829 bits per heavy atom. The zero-order valence-electron chi connectivity index (χ0n) is 20.7. The van der Waals surface area contributed by atoms with Crippen molar-refractivity contribution in [2.24, 2.45) is 0 Å². The summed E-state index contributed by atoms with van der Waals surface area (Å²) in [4.78, 5) is 7.99. The van der Waals surface area contributed by atoms with Crippen molar-refractivity contribution in [2.45, 2.75) is 71.6 Å². The summed E-state index contributed by atoms with van der Waals surface area (Å²) in [7, 11) is 0. The lowest BCUT2D eigenvalue weighted by atomic mass is 10.1. The van der Waals surface area contributed by atoms with Crippen molar-refractivity contribution in [2.75, 3.05) is 10.6 Å². The van der Waals surface area contributed by atoms with Gasteiger partial charge in [0.1, 0.15) is 22.7 Å². The summed E-state index contributed by atoms with van der Waals surface area (Å²) in [6, 6.07) is 14.5. The first kappa shape index (κ1) is 26.3. The van der Waals surface area contributed by atoms with E-state index in [0.717, 1.165) is 24.6 Å². The molecule has 0 atom stereocenters. The molecule has 35 heavy (non-hydrogen) atoms. The molecule has 0 bridgehead atoms. The van der Waals surface area contributed by atoms with Crippen LogP contribution in [-0.2, 0) is 12.6 Å². The molecule has 0 saturated heterocycles. The zero-order chi connectivity index (χ0) is 25.5. The van der Waals surface area contributed by atoms with E-state index in [9.17, 15) is 13.2 Å². The van der Waals surface area contributed by atoms with Crippen LogP contribution in [0.1, 0.15) is 64.5 Å². The summed E-state index contributed by atoms with van der Waals surface area (Å²) in [5.41, 5.74) is 1.05. The Morgan fingerprint density at radius 3 is 2.06 bits per heavy atom. The van der Waals surface area contributed by atoms with E-state index in [0.29, 0.717) is 17.1 Å². The van der Waals surface area contributed by atoms with Crippen LogP contribution in [-0.4, -0.2) is 15.6 Å². The average Bonchev–Trinajstić information content (AvgIpc) is 2.78. The van der Waals surface area contributed by atoms with Gasteiger partial charge in [0.25, 0.3) is 0 Å². The van der Waals surface area contributed by atoms with Gasteiger partial charge in [0, 0.05) is 17.6 Å². The molecule has 0 saturated carbocycles. The van der Waals surface area contributed by atoms with Crippen LogP contribution in [0.4, 0.5) is 36.3 Å². The van der Waals surface area contributed by atoms with Gasteiger partial charge in [-0.25, -0.2) is 4.98 Å². The minimum absolute atomic E-state index is 0.0533. The molecule has 3 rings (SSSR count). The van der Waals surface area contributed by atoms with Gasteiger partial charge in [0.2, 0.25) is 5.95 Å². The fraction of sp³-hybridized carbons (Fsp3) is 0.407. The van der Waals surface area contributed by atoms with Crippen molar-refractivity contribution in [3.8, 4) is 5.75 Å². The van der Waals surface area contributed by atoms with E-state index in [1.807, 2.05) is 32.9 Å². The second-order valence-corrected chi connectivity index (χ2v) is 9.45. The third-order valence-electron chi connectivity index (χ3n) is 5.16. The van der Waals surface area contributed by atoms with E-state index < -0.39 is 11.7 Å². The highest BCUT2D eigenvalue weighted by Gasteiger charge is 2.35. The number of benzene rings is 2. The number of unbranched alkanes of at least 4 members (excludes halogenated alkanes) is 3. The molecule has 0 fully saturated rings. The van der Waals surface area contributed by atoms with Crippen LogP contribution < -0.4 is 15.4 Å². The molecule has 0 radical (unpaired) electrons. The minimum atomic E-state index is -4.59. The number of nitrogens with one attached hydrogen (secondary N) is 2. The number of hydrogen-bond acceptors (Lipinski definition) is 5. The summed E-state index contributed by atoms with van der Waals surface area (Å²) in [5, 5.41) is 5.77. The van der Waals surface area contributed by atoms with Crippen LogP contribution in [0.3, 0.4) is 0 Å². The van der Waals surface area contributed by atoms with Gasteiger partial charge in [0.15, 0.2) is 0 Å². The highest BCUT2D eigenvalue weighted by atomic mass is 19.4. The number of aryl methyl sites for hydroxylation is 1. The second kappa shape index (κ2) is 11.4. The van der Waals surface area contributed by atoms with E-state index in [1.54, 1.807) is 36.4 Å². The molecule has 0 spiro atoms. The molecule has 188 valence electrons. The molecule has 0 aliphatic carbocycles. The fourth-order valence-corrected chi connectivity index (χ4v) is 3.48. The van der Waals surface area contributed by atoms with Gasteiger partial charge in [-0.15, -0.1) is 0 Å². The van der Waals surface area contributed by atoms with Gasteiger partial charge in [0.05, 0.1) is 0 Å². The normalized spacial score (nSPS) is 11.9. The van der Waals surface area contributed by atoms with Gasteiger partial charge in [-0.05, 0) is 75.6 Å². The van der Waals surface area contributed by atoms with Crippen molar-refractivity contribution in [1.82, 2.24) is 9.97 Å². The molecule has 0 aliphatic rings. The SMILES string of the molecule is CCCCCCc1ccc(Nc2nc(Nc3ccc(OC(C)(C)C)cc3)ncc2C(F)(F)F)cc1. The number of rotatable bonds is 10. The molecular formula is C27H33F3N4O. The van der Waals surface area contributed by atoms with Gasteiger partial charge >= 0.3 is 6.18 Å². The Hall–Kier alpha value is -3.29. The number of alkyl halides is 3. The van der Waals surface area contributed by atoms with Crippen LogP contribution in [0.15, 0.2) is 54.7 Å². The first-order valence-electron chi connectivity index (χ1n) is 11.9. The van der Waals surface area contributed by atoms with E-state index >= 15 is 0 Å². The van der Waals surface area contributed by atoms with Crippen LogP contribution in [0, 0.1) is 0 Å². The van der Waals surface area contributed by atoms with Crippen molar-refractivity contribution in [1.29, 1.82) is 0 Å². The fourth-order valence-electron chi connectivity index (χ4n) is 3.48. The van der Waals surface area contributed by atoms with E-state index in [1.165, 1.54) is 19.3 Å². The highest BCUT2D eigenvalue weighted by Crippen LogP contribution is 2.35. The predicted molar refractivity (Wildman–Crippen MR) is 135 cm³/mol. The molecule has 2 aromatic carbocycles. The molecular weight excluding hydrogens is 453 g/mol. The standard InChI is InChI=1S/C27H33F3N4O/c1-5-6-7-8-9-19-10-12-20(13-11-19)32-24-23(27(28,29)30)18-31-25(34-24)33-21-14-16-22(17-15-21)35-26(2,3)4/h10-18H,5-9H2,1-4H3,(H2,31,32,33,34). The number of nitrogens with zero attached hydrogens (tertiary/aromatic N) is 2. The number of ether oxygens (including phenoxy) is 1. The second-order valence-electron chi connectivity index (χ2n) is 9.45. The third-order valence-corrected chi connectivity index (χ3v) is 5.16. The average molecular weight is 487 g/mol. The molecule has 0 unspecified atom stereocenters. The monoisotopic (exact) mass is 486 g/mol. The van der Waals surface area contributed by atoms with Crippen LogP contribution >= 0.6 is 0 Å². The van der Waals surface area contributed by atoms with Gasteiger partial charge in [-0.2, -0.15) is 18.2 Å². The maximum Gasteiger partial charge on any atom is 0.421 e. The van der Waals surface area contributed by atoms with Gasteiger partial charge in [-0.3, -0.25) is 0 Å². The molecule has 2 N–H and O–H groups in total. The molecule has 1 heterocycles. The Bertz CT molecular complexity index is 1080. The number of hydrogen-bond donors (Lipinski definition) is 2. The molecule has 0 aliphatic heterocycles. The van der Waals surface area contributed by atoms with E-state index in [2.05, 4.69) is 27.5 Å². The van der Waals surface area contributed by atoms with Crippen LogP contribution in [0.25, 0.3) is 0 Å². The van der Waals surface area contributed by atoms with E-state index in [-0.39, 0.29) is 17.4 Å². The molecule has 3 aromatic rings. The van der Waals surface area contributed by atoms with Gasteiger partial charge < -0.3 is 15.4 Å². The Labute approximate surface area is 205 Å². The van der Waals surface area contributed by atoms with Crippen molar-refractivity contribution in [3.05, 3.63) is 65.9 Å². The molecule has 8 heteroatoms. The quantitative estimate of drug-likeness (QED) is 0.282. The Balaban J connectivity index is 1.74. The summed E-state index contributed by atoms with van der Waals surface area (Å²) in [6.45, 7) is 8.02. The lowest BCUT2D eigenvalue weighted by molar-refractivity contribution is -0.137. The predicted octanol–water partition coefficient (Wildman–Crippen LogP) is 8.28. The lowest BCUT2D eigenvalue weighted by Crippen LogP contribution is -2.22. The maximum atomic E-state index is 13.6. The highest BCUT2D eigenvalue weighted by molar-refractivity contribution is 5.63. The number of halogens is 3. The van der Waals surface area contributed by atoms with Crippen LogP contribution in [0.5, 0.6) is 5.75 Å².